The fourth-order valence-electron chi connectivity index (χ4n) is 4.40. The van der Waals surface area contributed by atoms with Crippen LogP contribution in [0.25, 0.3) is 11.2 Å². The molecule has 4 unspecified atom stereocenters. The lowest BCUT2D eigenvalue weighted by molar-refractivity contribution is -0.137. The fraction of sp³-hybridized carbons (Fsp3) is 0.591. The minimum atomic E-state index is -1.41. The van der Waals surface area contributed by atoms with Crippen LogP contribution >= 0.6 is 0 Å². The first kappa shape index (κ1) is 23.3. The lowest BCUT2D eigenvalue weighted by Gasteiger charge is -2.28. The number of amides is 2. The number of carbonyl (C=O) groups excluding carboxylic acids is 1. The monoisotopic (exact) mass is 485 g/mol. The molecule has 35 heavy (non-hydrogen) atoms. The van der Waals surface area contributed by atoms with Crippen LogP contribution in [-0.2, 0) is 9.53 Å². The molecule has 6 N–H and O–H groups in total. The normalized spacial score (nSPS) is 27.0. The SMILES string of the molecule is Nc1nc(C#CCC2CCN(C(=O)O)CC2)nc2c1ncn2C1OC(C(=O)NC2CC2)C(O)C1O. The predicted molar refractivity (Wildman–Crippen MR) is 121 cm³/mol. The summed E-state index contributed by atoms with van der Waals surface area (Å²) in [6.07, 6.45) is -0.835. The second-order valence-electron chi connectivity index (χ2n) is 9.19. The molecular formula is C22H27N7O6. The minimum Gasteiger partial charge on any atom is -0.465 e. The summed E-state index contributed by atoms with van der Waals surface area (Å²) in [6, 6.07) is 0.0851. The molecule has 186 valence electrons. The predicted octanol–water partition coefficient (Wildman–Crippen LogP) is -0.562. The molecule has 13 heteroatoms. The van der Waals surface area contributed by atoms with E-state index >= 15 is 0 Å². The van der Waals surface area contributed by atoms with Gasteiger partial charge in [0.15, 0.2) is 23.8 Å². The number of rotatable bonds is 4. The Labute approximate surface area is 200 Å². The topological polar surface area (TPSA) is 189 Å². The molecule has 2 aliphatic heterocycles. The molecule has 4 atom stereocenters. The number of aliphatic hydroxyl groups is 2. The van der Waals surface area contributed by atoms with Crippen molar-refractivity contribution in [3.05, 3.63) is 12.2 Å². The highest BCUT2D eigenvalue weighted by Crippen LogP contribution is 2.33. The number of nitrogens with zero attached hydrogens (tertiary/aromatic N) is 5. The van der Waals surface area contributed by atoms with E-state index in [0.29, 0.717) is 19.5 Å². The van der Waals surface area contributed by atoms with E-state index in [2.05, 4.69) is 32.1 Å². The average molecular weight is 486 g/mol. The third kappa shape index (κ3) is 4.72. The summed E-state index contributed by atoms with van der Waals surface area (Å²) in [7, 11) is 0. The number of nitrogens with one attached hydrogen (secondary N) is 1. The summed E-state index contributed by atoms with van der Waals surface area (Å²) >= 11 is 0. The van der Waals surface area contributed by atoms with E-state index in [4.69, 9.17) is 15.6 Å². The molecule has 4 heterocycles. The Morgan fingerprint density at radius 1 is 1.17 bits per heavy atom. The molecule has 2 amide bonds. The Morgan fingerprint density at radius 3 is 2.60 bits per heavy atom. The molecule has 0 aromatic carbocycles. The average Bonchev–Trinajstić information content (AvgIpc) is 3.47. The standard InChI is InChI=1S/C22H27N7O6/c23-18-14-19(27-13(26-18)3-1-2-11-6-8-28(9-7-11)22(33)34)29(10-24-14)21-16(31)15(30)17(35-21)20(32)25-12-4-5-12/h10-12,15-17,21,30-31H,2,4-9H2,(H,25,32)(H,33,34)(H2,23,26,27). The molecule has 1 saturated carbocycles. The second kappa shape index (κ2) is 9.29. The van der Waals surface area contributed by atoms with Crippen LogP contribution in [0.4, 0.5) is 10.6 Å². The summed E-state index contributed by atoms with van der Waals surface area (Å²) < 4.78 is 7.14. The van der Waals surface area contributed by atoms with Gasteiger partial charge in [0.1, 0.15) is 17.7 Å². The van der Waals surface area contributed by atoms with E-state index in [-0.39, 0.29) is 34.8 Å². The smallest absolute Gasteiger partial charge is 0.407 e. The molecule has 3 fully saturated rings. The summed E-state index contributed by atoms with van der Waals surface area (Å²) in [4.78, 5) is 37.7. The van der Waals surface area contributed by atoms with Crippen molar-refractivity contribution in [2.24, 2.45) is 5.92 Å². The van der Waals surface area contributed by atoms with Gasteiger partial charge in [0.25, 0.3) is 5.91 Å². The summed E-state index contributed by atoms with van der Waals surface area (Å²) in [5.74, 6) is 6.03. The highest BCUT2D eigenvalue weighted by molar-refractivity contribution is 5.83. The van der Waals surface area contributed by atoms with Gasteiger partial charge in [-0.25, -0.2) is 19.7 Å². The quantitative estimate of drug-likeness (QED) is 0.351. The van der Waals surface area contributed by atoms with Crippen molar-refractivity contribution in [2.75, 3.05) is 18.8 Å². The highest BCUT2D eigenvalue weighted by Gasteiger charge is 2.48. The first-order valence-electron chi connectivity index (χ1n) is 11.6. The first-order chi connectivity index (χ1) is 16.8. The van der Waals surface area contributed by atoms with Crippen LogP contribution in [0, 0.1) is 17.8 Å². The van der Waals surface area contributed by atoms with E-state index in [1.807, 2.05) is 0 Å². The van der Waals surface area contributed by atoms with Gasteiger partial charge in [0.2, 0.25) is 5.82 Å². The highest BCUT2D eigenvalue weighted by atomic mass is 16.6. The van der Waals surface area contributed by atoms with Crippen LogP contribution < -0.4 is 11.1 Å². The number of hydrogen-bond acceptors (Lipinski definition) is 9. The van der Waals surface area contributed by atoms with Crippen molar-refractivity contribution in [3.8, 4) is 11.8 Å². The minimum absolute atomic E-state index is 0.0851. The molecule has 0 radical (unpaired) electrons. The lowest BCUT2D eigenvalue weighted by Crippen LogP contribution is -2.43. The number of nitrogens with two attached hydrogens (primary N) is 1. The Balaban J connectivity index is 1.31. The zero-order valence-corrected chi connectivity index (χ0v) is 18.9. The van der Waals surface area contributed by atoms with Crippen molar-refractivity contribution < 1.29 is 29.6 Å². The van der Waals surface area contributed by atoms with Crippen LogP contribution in [0.1, 0.15) is 44.2 Å². The largest absolute Gasteiger partial charge is 0.465 e. The maximum absolute atomic E-state index is 12.4. The number of aromatic nitrogens is 4. The van der Waals surface area contributed by atoms with E-state index < -0.39 is 36.5 Å². The van der Waals surface area contributed by atoms with Crippen molar-refractivity contribution in [2.45, 2.75) is 62.7 Å². The van der Waals surface area contributed by atoms with Crippen LogP contribution in [0.15, 0.2) is 6.33 Å². The Kier molecular flexibility index (Phi) is 6.18. The van der Waals surface area contributed by atoms with Crippen molar-refractivity contribution in [1.29, 1.82) is 0 Å². The molecule has 2 saturated heterocycles. The number of anilines is 1. The van der Waals surface area contributed by atoms with Crippen LogP contribution in [0.5, 0.6) is 0 Å². The number of carboxylic acid groups (broad SMARTS) is 1. The Bertz CT molecular complexity index is 1190. The molecular weight excluding hydrogens is 458 g/mol. The molecule has 5 rings (SSSR count). The third-order valence-corrected chi connectivity index (χ3v) is 6.62. The summed E-state index contributed by atoms with van der Waals surface area (Å²) in [6.45, 7) is 0.983. The Morgan fingerprint density at radius 2 is 1.91 bits per heavy atom. The number of likely N-dealkylation sites (tertiary alicyclic amines) is 1. The number of ether oxygens (including phenoxy) is 1. The van der Waals surface area contributed by atoms with Crippen molar-refractivity contribution in [3.63, 3.8) is 0 Å². The zero-order valence-electron chi connectivity index (χ0n) is 18.9. The van der Waals surface area contributed by atoms with Gasteiger partial charge < -0.3 is 36.0 Å². The van der Waals surface area contributed by atoms with Crippen molar-refractivity contribution in [1.82, 2.24) is 29.7 Å². The number of nitrogen functional groups attached to an aromatic ring is 1. The second-order valence-corrected chi connectivity index (χ2v) is 9.19. The van der Waals surface area contributed by atoms with Gasteiger partial charge in [-0.3, -0.25) is 9.36 Å². The van der Waals surface area contributed by atoms with Crippen LogP contribution in [0.3, 0.4) is 0 Å². The first-order valence-corrected chi connectivity index (χ1v) is 11.6. The number of hydrogen-bond donors (Lipinski definition) is 5. The molecule has 2 aromatic rings. The van der Waals surface area contributed by atoms with Gasteiger partial charge in [-0.1, -0.05) is 5.92 Å². The third-order valence-electron chi connectivity index (χ3n) is 6.62. The van der Waals surface area contributed by atoms with Gasteiger partial charge in [0.05, 0.1) is 6.33 Å². The van der Waals surface area contributed by atoms with E-state index in [1.54, 1.807) is 0 Å². The molecule has 0 bridgehead atoms. The van der Waals surface area contributed by atoms with Crippen LogP contribution in [0.2, 0.25) is 0 Å². The number of aliphatic hydroxyl groups excluding tert-OH is 2. The van der Waals surface area contributed by atoms with E-state index in [9.17, 15) is 19.8 Å². The van der Waals surface area contributed by atoms with Gasteiger partial charge >= 0.3 is 6.09 Å². The van der Waals surface area contributed by atoms with Crippen molar-refractivity contribution >= 4 is 29.0 Å². The lowest BCUT2D eigenvalue weighted by atomic mass is 9.94. The number of carbonyl (C=O) groups is 2. The van der Waals surface area contributed by atoms with E-state index in [0.717, 1.165) is 25.7 Å². The number of imidazole rings is 1. The molecule has 3 aliphatic rings. The summed E-state index contributed by atoms with van der Waals surface area (Å²) in [5.41, 5.74) is 6.60. The molecule has 2 aromatic heterocycles. The number of fused-ring (bicyclic) bond motifs is 1. The molecule has 1 aliphatic carbocycles. The molecule has 0 spiro atoms. The maximum Gasteiger partial charge on any atom is 0.407 e. The van der Waals surface area contributed by atoms with Gasteiger partial charge in [-0.2, -0.15) is 0 Å². The molecule has 13 nitrogen and oxygen atoms in total. The van der Waals surface area contributed by atoms with E-state index in [1.165, 1.54) is 15.8 Å². The van der Waals surface area contributed by atoms with Gasteiger partial charge in [-0.15, -0.1) is 0 Å². The maximum atomic E-state index is 12.4. The Hall–Kier alpha value is -3.47. The van der Waals surface area contributed by atoms with Crippen LogP contribution in [-0.4, -0.2) is 89.2 Å². The fourth-order valence-corrected chi connectivity index (χ4v) is 4.40. The zero-order chi connectivity index (χ0) is 24.7. The van der Waals surface area contributed by atoms with Gasteiger partial charge in [0, 0.05) is 25.6 Å². The number of piperidine rings is 1. The van der Waals surface area contributed by atoms with Gasteiger partial charge in [-0.05, 0) is 37.5 Å². The summed E-state index contributed by atoms with van der Waals surface area (Å²) in [5, 5.41) is 32.8.